The second-order valence-corrected chi connectivity index (χ2v) is 4.92. The van der Waals surface area contributed by atoms with Gasteiger partial charge in [-0.3, -0.25) is 0 Å². The smallest absolute Gasteiger partial charge is 0.335 e. The van der Waals surface area contributed by atoms with Gasteiger partial charge in [0.05, 0.1) is 5.56 Å². The number of nitrogens with one attached hydrogen (secondary N) is 1. The predicted molar refractivity (Wildman–Crippen MR) is 82.1 cm³/mol. The molecule has 0 radical (unpaired) electrons. The third-order valence-electron chi connectivity index (χ3n) is 2.87. The number of carboxylic acid groups (broad SMARTS) is 1. The Bertz CT molecular complexity index is 599. The van der Waals surface area contributed by atoms with Crippen molar-refractivity contribution in [2.75, 3.05) is 13.2 Å². The first kappa shape index (κ1) is 15.4. The van der Waals surface area contributed by atoms with E-state index in [2.05, 4.69) is 5.32 Å². The van der Waals surface area contributed by atoms with Gasteiger partial charge in [-0.2, -0.15) is 0 Å². The number of benzene rings is 2. The molecule has 21 heavy (non-hydrogen) atoms. The van der Waals surface area contributed by atoms with Crippen LogP contribution in [0.5, 0.6) is 5.75 Å². The molecular weight excluding hydrogens is 290 g/mol. The number of rotatable bonds is 7. The highest BCUT2D eigenvalue weighted by Crippen LogP contribution is 2.13. The maximum atomic E-state index is 10.8. The highest BCUT2D eigenvalue weighted by atomic mass is 35.5. The molecule has 0 aliphatic carbocycles. The monoisotopic (exact) mass is 305 g/mol. The van der Waals surface area contributed by atoms with Gasteiger partial charge in [0, 0.05) is 18.1 Å². The minimum Gasteiger partial charge on any atom is -0.492 e. The van der Waals surface area contributed by atoms with Crippen molar-refractivity contribution in [2.24, 2.45) is 0 Å². The molecule has 0 heterocycles. The Balaban J connectivity index is 1.71. The maximum absolute atomic E-state index is 10.8. The van der Waals surface area contributed by atoms with Crippen LogP contribution in [-0.4, -0.2) is 24.2 Å². The van der Waals surface area contributed by atoms with E-state index in [1.807, 2.05) is 24.3 Å². The summed E-state index contributed by atoms with van der Waals surface area (Å²) in [7, 11) is 0. The van der Waals surface area contributed by atoms with Gasteiger partial charge in [0.1, 0.15) is 12.4 Å². The standard InChI is InChI=1S/C16H16ClNO3/c17-14-6-4-12(5-7-14)11-18-8-9-21-15-3-1-2-13(10-15)16(19)20/h1-7,10,18H,8-9,11H2,(H,19,20). The fourth-order valence-corrected chi connectivity index (χ4v) is 1.92. The summed E-state index contributed by atoms with van der Waals surface area (Å²) < 4.78 is 5.51. The molecule has 110 valence electrons. The molecule has 0 aliphatic heterocycles. The highest BCUT2D eigenvalue weighted by molar-refractivity contribution is 6.30. The summed E-state index contributed by atoms with van der Waals surface area (Å²) in [5.74, 6) is -0.399. The summed E-state index contributed by atoms with van der Waals surface area (Å²) in [6, 6.07) is 14.1. The lowest BCUT2D eigenvalue weighted by Gasteiger charge is -2.08. The Hall–Kier alpha value is -2.04. The molecule has 0 saturated heterocycles. The largest absolute Gasteiger partial charge is 0.492 e. The van der Waals surface area contributed by atoms with Crippen molar-refractivity contribution in [1.29, 1.82) is 0 Å². The zero-order chi connectivity index (χ0) is 15.1. The van der Waals surface area contributed by atoms with Gasteiger partial charge < -0.3 is 15.2 Å². The first-order valence-electron chi connectivity index (χ1n) is 6.56. The lowest BCUT2D eigenvalue weighted by Crippen LogP contribution is -2.20. The molecule has 0 amide bonds. The van der Waals surface area contributed by atoms with Gasteiger partial charge in [0.15, 0.2) is 0 Å². The minimum atomic E-state index is -0.957. The van der Waals surface area contributed by atoms with Gasteiger partial charge >= 0.3 is 5.97 Å². The zero-order valence-electron chi connectivity index (χ0n) is 11.4. The Morgan fingerprint density at radius 2 is 1.95 bits per heavy atom. The molecule has 0 unspecified atom stereocenters. The first-order chi connectivity index (χ1) is 10.1. The molecule has 0 aromatic heterocycles. The van der Waals surface area contributed by atoms with Crippen molar-refractivity contribution in [3.05, 3.63) is 64.7 Å². The lowest BCUT2D eigenvalue weighted by atomic mass is 10.2. The van der Waals surface area contributed by atoms with E-state index in [-0.39, 0.29) is 5.56 Å². The van der Waals surface area contributed by atoms with Crippen LogP contribution in [0, 0.1) is 0 Å². The van der Waals surface area contributed by atoms with E-state index in [9.17, 15) is 4.79 Å². The molecule has 0 bridgehead atoms. The van der Waals surface area contributed by atoms with E-state index in [0.29, 0.717) is 18.9 Å². The topological polar surface area (TPSA) is 58.6 Å². The molecule has 4 nitrogen and oxygen atoms in total. The van der Waals surface area contributed by atoms with E-state index in [1.54, 1.807) is 12.1 Å². The Morgan fingerprint density at radius 1 is 1.19 bits per heavy atom. The van der Waals surface area contributed by atoms with Crippen molar-refractivity contribution < 1.29 is 14.6 Å². The number of carbonyl (C=O) groups is 1. The number of carboxylic acids is 1. The van der Waals surface area contributed by atoms with Crippen LogP contribution in [-0.2, 0) is 6.54 Å². The number of hydrogen-bond acceptors (Lipinski definition) is 3. The van der Waals surface area contributed by atoms with E-state index < -0.39 is 5.97 Å². The molecule has 5 heteroatoms. The van der Waals surface area contributed by atoms with Gasteiger partial charge in [-0.05, 0) is 35.9 Å². The van der Waals surface area contributed by atoms with Crippen molar-refractivity contribution >= 4 is 17.6 Å². The average Bonchev–Trinajstić information content (AvgIpc) is 2.49. The molecule has 0 fully saturated rings. The summed E-state index contributed by atoms with van der Waals surface area (Å²) in [5, 5.41) is 12.9. The quantitative estimate of drug-likeness (QED) is 0.771. The van der Waals surface area contributed by atoms with Crippen molar-refractivity contribution in [1.82, 2.24) is 5.32 Å². The van der Waals surface area contributed by atoms with E-state index >= 15 is 0 Å². The summed E-state index contributed by atoms with van der Waals surface area (Å²) in [6.45, 7) is 1.87. The van der Waals surface area contributed by atoms with Gasteiger partial charge in [0.25, 0.3) is 0 Å². The van der Waals surface area contributed by atoms with Crippen molar-refractivity contribution in [2.45, 2.75) is 6.54 Å². The molecule has 2 aromatic rings. The fourth-order valence-electron chi connectivity index (χ4n) is 1.79. The fraction of sp³-hybridized carbons (Fsp3) is 0.188. The summed E-state index contributed by atoms with van der Waals surface area (Å²) in [6.07, 6.45) is 0. The lowest BCUT2D eigenvalue weighted by molar-refractivity contribution is 0.0696. The molecule has 0 spiro atoms. The van der Waals surface area contributed by atoms with Gasteiger partial charge in [0.2, 0.25) is 0 Å². The van der Waals surface area contributed by atoms with E-state index in [4.69, 9.17) is 21.4 Å². The number of hydrogen-bond donors (Lipinski definition) is 2. The summed E-state index contributed by atoms with van der Waals surface area (Å²) in [4.78, 5) is 10.8. The van der Waals surface area contributed by atoms with Gasteiger partial charge in [-0.15, -0.1) is 0 Å². The van der Waals surface area contributed by atoms with E-state index in [0.717, 1.165) is 17.1 Å². The first-order valence-corrected chi connectivity index (χ1v) is 6.94. The Labute approximate surface area is 128 Å². The van der Waals surface area contributed by atoms with Crippen LogP contribution >= 0.6 is 11.6 Å². The Morgan fingerprint density at radius 3 is 2.67 bits per heavy atom. The SMILES string of the molecule is O=C(O)c1cccc(OCCNCc2ccc(Cl)cc2)c1. The van der Waals surface area contributed by atoms with Gasteiger partial charge in [-0.1, -0.05) is 29.8 Å². The van der Waals surface area contributed by atoms with Crippen LogP contribution in [0.1, 0.15) is 15.9 Å². The molecule has 0 atom stereocenters. The molecule has 2 rings (SSSR count). The second kappa shape index (κ2) is 7.67. The van der Waals surface area contributed by atoms with Gasteiger partial charge in [-0.25, -0.2) is 4.79 Å². The van der Waals surface area contributed by atoms with Crippen molar-refractivity contribution in [3.8, 4) is 5.75 Å². The number of aromatic carboxylic acids is 1. The predicted octanol–water partition coefficient (Wildman–Crippen LogP) is 3.21. The maximum Gasteiger partial charge on any atom is 0.335 e. The minimum absolute atomic E-state index is 0.224. The Kier molecular flexibility index (Phi) is 5.60. The molecule has 2 N–H and O–H groups in total. The van der Waals surface area contributed by atoms with Crippen LogP contribution in [0.4, 0.5) is 0 Å². The summed E-state index contributed by atoms with van der Waals surface area (Å²) >= 11 is 5.82. The van der Waals surface area contributed by atoms with E-state index in [1.165, 1.54) is 12.1 Å². The number of halogens is 1. The number of ether oxygens (including phenoxy) is 1. The second-order valence-electron chi connectivity index (χ2n) is 4.48. The van der Waals surface area contributed by atoms with Crippen LogP contribution in [0.15, 0.2) is 48.5 Å². The van der Waals surface area contributed by atoms with Crippen LogP contribution in [0.25, 0.3) is 0 Å². The molecule has 0 saturated carbocycles. The average molecular weight is 306 g/mol. The van der Waals surface area contributed by atoms with Crippen LogP contribution in [0.3, 0.4) is 0 Å². The third kappa shape index (κ3) is 5.10. The molecule has 0 aliphatic rings. The van der Waals surface area contributed by atoms with Crippen molar-refractivity contribution in [3.63, 3.8) is 0 Å². The van der Waals surface area contributed by atoms with Crippen LogP contribution < -0.4 is 10.1 Å². The third-order valence-corrected chi connectivity index (χ3v) is 3.12. The highest BCUT2D eigenvalue weighted by Gasteiger charge is 2.03. The molecule has 2 aromatic carbocycles. The van der Waals surface area contributed by atoms with Crippen LogP contribution in [0.2, 0.25) is 5.02 Å². The summed E-state index contributed by atoms with van der Waals surface area (Å²) in [5.41, 5.74) is 1.37. The molecular formula is C16H16ClNO3. The normalized spacial score (nSPS) is 10.3. The zero-order valence-corrected chi connectivity index (χ0v) is 12.1.